The van der Waals surface area contributed by atoms with Crippen molar-refractivity contribution in [2.75, 3.05) is 19.7 Å². The fraction of sp³-hybridized carbons (Fsp3) is 0.364. The van der Waals surface area contributed by atoms with Crippen molar-refractivity contribution in [3.05, 3.63) is 59.6 Å². The van der Waals surface area contributed by atoms with Crippen LogP contribution in [0.25, 0.3) is 17.1 Å². The number of rotatable bonds is 6. The first kappa shape index (κ1) is 20.4. The molecule has 1 aliphatic rings. The van der Waals surface area contributed by atoms with Crippen LogP contribution in [0.1, 0.15) is 19.8 Å². The van der Waals surface area contributed by atoms with Gasteiger partial charge in [-0.15, -0.1) is 5.10 Å². The molecule has 0 saturated carbocycles. The Bertz CT molecular complexity index is 1050. The summed E-state index contributed by atoms with van der Waals surface area (Å²) in [6.45, 7) is 4.60. The Balaban J connectivity index is 1.65. The molecule has 156 valence electrons. The van der Waals surface area contributed by atoms with Crippen molar-refractivity contribution in [2.45, 2.75) is 26.4 Å². The van der Waals surface area contributed by atoms with Crippen LogP contribution in [0.15, 0.2) is 54.9 Å². The van der Waals surface area contributed by atoms with Crippen molar-refractivity contribution in [1.29, 1.82) is 0 Å². The largest absolute Gasteiger partial charge is 0.466 e. The van der Waals surface area contributed by atoms with E-state index in [1.807, 2.05) is 58.6 Å². The van der Waals surface area contributed by atoms with Crippen molar-refractivity contribution in [1.82, 2.24) is 19.3 Å². The number of likely N-dealkylation sites (tertiary alicyclic amines) is 1. The summed E-state index contributed by atoms with van der Waals surface area (Å²) < 4.78 is 9.72. The highest BCUT2D eigenvalue weighted by Crippen LogP contribution is 2.21. The monoisotopic (exact) mass is 424 g/mol. The first-order valence-corrected chi connectivity index (χ1v) is 10.7. The maximum atomic E-state index is 12.2. The molecule has 0 amide bonds. The molecular formula is C22H26N5O2S+. The third-order valence-corrected chi connectivity index (χ3v) is 5.78. The molecule has 30 heavy (non-hydrogen) atoms. The molecule has 2 aromatic heterocycles. The summed E-state index contributed by atoms with van der Waals surface area (Å²) in [5.41, 5.74) is 1.87. The van der Waals surface area contributed by atoms with Crippen LogP contribution in [-0.2, 0) is 16.2 Å². The van der Waals surface area contributed by atoms with Gasteiger partial charge in [-0.05, 0) is 56.2 Å². The van der Waals surface area contributed by atoms with Crippen molar-refractivity contribution >= 4 is 18.2 Å². The van der Waals surface area contributed by atoms with Gasteiger partial charge in [0, 0.05) is 23.6 Å². The van der Waals surface area contributed by atoms with Gasteiger partial charge in [-0.2, -0.15) is 4.68 Å². The average Bonchev–Trinajstić information content (AvgIpc) is 3.11. The fourth-order valence-electron chi connectivity index (χ4n) is 3.97. The number of carbonyl (C=O) groups is 1. The maximum absolute atomic E-state index is 12.2. The number of pyridine rings is 1. The molecule has 2 atom stereocenters. The maximum Gasteiger partial charge on any atom is 0.314 e. The van der Waals surface area contributed by atoms with Crippen molar-refractivity contribution < 1.29 is 14.4 Å². The van der Waals surface area contributed by atoms with E-state index in [4.69, 9.17) is 22.1 Å². The Morgan fingerprint density at radius 1 is 1.27 bits per heavy atom. The molecule has 1 unspecified atom stereocenters. The van der Waals surface area contributed by atoms with Crippen molar-refractivity contribution in [3.63, 3.8) is 0 Å². The van der Waals surface area contributed by atoms with Crippen molar-refractivity contribution in [3.8, 4) is 17.1 Å². The first-order chi connectivity index (χ1) is 14.7. The Morgan fingerprint density at radius 3 is 2.83 bits per heavy atom. The lowest BCUT2D eigenvalue weighted by atomic mass is 9.99. The third kappa shape index (κ3) is 4.34. The van der Waals surface area contributed by atoms with Gasteiger partial charge in [-0.25, -0.2) is 0 Å². The lowest BCUT2D eigenvalue weighted by Gasteiger charge is -2.28. The third-order valence-electron chi connectivity index (χ3n) is 5.38. The molecule has 0 spiro atoms. The minimum absolute atomic E-state index is 0.0584. The molecule has 1 aliphatic heterocycles. The van der Waals surface area contributed by atoms with Gasteiger partial charge in [0.15, 0.2) is 12.5 Å². The molecule has 3 heterocycles. The summed E-state index contributed by atoms with van der Waals surface area (Å²) in [5.74, 6) is 0.610. The van der Waals surface area contributed by atoms with Crippen LogP contribution in [0.4, 0.5) is 0 Å². The summed E-state index contributed by atoms with van der Waals surface area (Å²) in [4.78, 5) is 17.7. The highest BCUT2D eigenvalue weighted by atomic mass is 32.1. The zero-order valence-electron chi connectivity index (χ0n) is 17.0. The van der Waals surface area contributed by atoms with E-state index in [0.717, 1.165) is 43.0 Å². The summed E-state index contributed by atoms with van der Waals surface area (Å²) in [6.07, 6.45) is 5.41. The van der Waals surface area contributed by atoms with E-state index in [2.05, 4.69) is 4.98 Å². The highest BCUT2D eigenvalue weighted by Gasteiger charge is 2.30. The van der Waals surface area contributed by atoms with Gasteiger partial charge in [-0.1, -0.05) is 18.2 Å². The Morgan fingerprint density at radius 2 is 2.10 bits per heavy atom. The zero-order valence-corrected chi connectivity index (χ0v) is 17.8. The van der Waals surface area contributed by atoms with Crippen LogP contribution in [0.2, 0.25) is 0 Å². The average molecular weight is 425 g/mol. The molecule has 0 bridgehead atoms. The quantitative estimate of drug-likeness (QED) is 0.486. The normalized spacial score (nSPS) is 18.8. The summed E-state index contributed by atoms with van der Waals surface area (Å²) in [7, 11) is 0. The van der Waals surface area contributed by atoms with Crippen LogP contribution in [-0.4, -0.2) is 45.0 Å². The number of carbonyl (C=O) groups excluding carboxylic acids is 1. The topological polar surface area (TPSA) is 66.4 Å². The van der Waals surface area contributed by atoms with E-state index in [1.54, 1.807) is 12.4 Å². The molecule has 4 rings (SSSR count). The Hall–Kier alpha value is -2.84. The van der Waals surface area contributed by atoms with Crippen LogP contribution < -0.4 is 4.90 Å². The van der Waals surface area contributed by atoms with Gasteiger partial charge in [-0.3, -0.25) is 14.3 Å². The Labute approximate surface area is 180 Å². The van der Waals surface area contributed by atoms with E-state index in [-0.39, 0.29) is 11.9 Å². The number of hydrogen-bond acceptors (Lipinski definition) is 5. The molecule has 1 fully saturated rings. The second-order valence-electron chi connectivity index (χ2n) is 7.47. The van der Waals surface area contributed by atoms with Gasteiger partial charge >= 0.3 is 5.97 Å². The van der Waals surface area contributed by atoms with Gasteiger partial charge in [0.05, 0.1) is 19.7 Å². The smallest absolute Gasteiger partial charge is 0.314 e. The number of piperidine rings is 1. The second-order valence-corrected chi connectivity index (χ2v) is 7.84. The van der Waals surface area contributed by atoms with E-state index in [9.17, 15) is 4.79 Å². The molecule has 0 radical (unpaired) electrons. The lowest BCUT2D eigenvalue weighted by Crippen LogP contribution is -3.13. The number of benzene rings is 1. The highest BCUT2D eigenvalue weighted by molar-refractivity contribution is 7.71. The molecule has 8 heteroatoms. The Kier molecular flexibility index (Phi) is 6.35. The standard InChI is InChI=1S/C22H25N5O2S/c1-2-29-21(28)18-9-7-13-25(15-18)16-26-22(30)27(19-10-4-3-5-11-19)20(24-26)17-8-6-12-23-14-17/h3-6,8,10-12,14,18H,2,7,9,13,15-16H2,1H3/p+1/t18-/m1/s1. The lowest BCUT2D eigenvalue weighted by molar-refractivity contribution is -0.930. The predicted octanol–water partition coefficient (Wildman–Crippen LogP) is 2.28. The van der Waals surface area contributed by atoms with Gasteiger partial charge in [0.2, 0.25) is 4.77 Å². The van der Waals surface area contributed by atoms with E-state index >= 15 is 0 Å². The molecule has 1 saturated heterocycles. The number of hydrogen-bond donors (Lipinski definition) is 1. The SMILES string of the molecule is CCOC(=O)[C@@H]1CCC[NH+](Cn2nc(-c3cccnc3)n(-c3ccccc3)c2=S)C1. The van der Waals surface area contributed by atoms with Gasteiger partial charge in [0.1, 0.15) is 5.92 Å². The van der Waals surface area contributed by atoms with E-state index < -0.39 is 0 Å². The number of aromatic nitrogens is 4. The molecule has 3 aromatic rings. The number of esters is 1. The van der Waals surface area contributed by atoms with E-state index in [0.29, 0.717) is 18.0 Å². The summed E-state index contributed by atoms with van der Waals surface area (Å²) in [5, 5.41) is 4.86. The van der Waals surface area contributed by atoms with Crippen LogP contribution in [0, 0.1) is 10.7 Å². The number of para-hydroxylation sites is 1. The minimum atomic E-state index is -0.0934. The minimum Gasteiger partial charge on any atom is -0.466 e. The molecule has 1 aromatic carbocycles. The van der Waals surface area contributed by atoms with Crippen LogP contribution in [0.5, 0.6) is 0 Å². The number of quaternary nitrogens is 1. The molecular weight excluding hydrogens is 398 g/mol. The first-order valence-electron chi connectivity index (χ1n) is 10.3. The summed E-state index contributed by atoms with van der Waals surface area (Å²) in [6, 6.07) is 13.9. The molecule has 1 N–H and O–H groups in total. The molecule has 7 nitrogen and oxygen atoms in total. The number of ether oxygens (including phenoxy) is 1. The molecule has 0 aliphatic carbocycles. The zero-order chi connectivity index (χ0) is 20.9. The predicted molar refractivity (Wildman–Crippen MR) is 116 cm³/mol. The number of nitrogens with zero attached hydrogens (tertiary/aromatic N) is 4. The van der Waals surface area contributed by atoms with Crippen LogP contribution >= 0.6 is 12.2 Å². The summed E-state index contributed by atoms with van der Waals surface area (Å²) >= 11 is 5.82. The fourth-order valence-corrected chi connectivity index (χ4v) is 4.27. The second kappa shape index (κ2) is 9.32. The van der Waals surface area contributed by atoms with Crippen LogP contribution in [0.3, 0.4) is 0 Å². The van der Waals surface area contributed by atoms with Gasteiger partial charge < -0.3 is 9.64 Å². The van der Waals surface area contributed by atoms with E-state index in [1.165, 1.54) is 4.90 Å². The van der Waals surface area contributed by atoms with Gasteiger partial charge in [0.25, 0.3) is 0 Å². The number of nitrogens with one attached hydrogen (secondary N) is 1. The van der Waals surface area contributed by atoms with Crippen molar-refractivity contribution in [2.24, 2.45) is 5.92 Å².